The van der Waals surface area contributed by atoms with E-state index in [4.69, 9.17) is 4.42 Å². The van der Waals surface area contributed by atoms with E-state index in [9.17, 15) is 4.79 Å². The third kappa shape index (κ3) is 2.37. The fourth-order valence-corrected chi connectivity index (χ4v) is 2.72. The van der Waals surface area contributed by atoms with Gasteiger partial charge in [0.25, 0.3) is 5.91 Å². The predicted molar refractivity (Wildman–Crippen MR) is 77.9 cm³/mol. The van der Waals surface area contributed by atoms with E-state index in [0.717, 1.165) is 17.0 Å². The third-order valence-electron chi connectivity index (χ3n) is 2.87. The second kappa shape index (κ2) is 4.97. The van der Waals surface area contributed by atoms with Gasteiger partial charge >= 0.3 is 0 Å². The Morgan fingerprint density at radius 1 is 1.45 bits per heavy atom. The van der Waals surface area contributed by atoms with Gasteiger partial charge in [-0.2, -0.15) is 5.10 Å². The van der Waals surface area contributed by atoms with E-state index in [2.05, 4.69) is 10.4 Å². The van der Waals surface area contributed by atoms with Crippen LogP contribution in [0.5, 0.6) is 0 Å². The van der Waals surface area contributed by atoms with Crippen LogP contribution in [0.2, 0.25) is 0 Å². The Hall–Kier alpha value is -2.34. The first-order valence-electron chi connectivity index (χ1n) is 6.08. The first-order chi connectivity index (χ1) is 9.63. The minimum atomic E-state index is -0.143. The number of rotatable bonds is 3. The van der Waals surface area contributed by atoms with E-state index in [1.54, 1.807) is 18.0 Å². The minimum Gasteiger partial charge on any atom is -0.464 e. The Morgan fingerprint density at radius 2 is 2.30 bits per heavy atom. The standard InChI is InChI=1S/C14H13N3O2S/c1-9-6-13(17(2)16-9)15-14(18)12-7-10(8-20-12)11-4-3-5-19-11/h3-8H,1-2H3,(H,15,18). The lowest BCUT2D eigenvalue weighted by atomic mass is 10.2. The highest BCUT2D eigenvalue weighted by atomic mass is 32.1. The van der Waals surface area contributed by atoms with Gasteiger partial charge < -0.3 is 9.73 Å². The Balaban J connectivity index is 1.79. The summed E-state index contributed by atoms with van der Waals surface area (Å²) in [7, 11) is 1.80. The molecule has 0 aliphatic carbocycles. The molecule has 3 heterocycles. The lowest BCUT2D eigenvalue weighted by Gasteiger charge is -2.02. The second-order valence-corrected chi connectivity index (χ2v) is 5.34. The SMILES string of the molecule is Cc1cc(NC(=O)c2cc(-c3ccco3)cs2)n(C)n1. The topological polar surface area (TPSA) is 60.1 Å². The van der Waals surface area contributed by atoms with Crippen molar-refractivity contribution in [2.75, 3.05) is 5.32 Å². The Kier molecular flexibility index (Phi) is 3.15. The summed E-state index contributed by atoms with van der Waals surface area (Å²) in [6, 6.07) is 7.35. The molecule has 0 saturated heterocycles. The molecule has 0 aliphatic heterocycles. The van der Waals surface area contributed by atoms with Gasteiger partial charge in [-0.15, -0.1) is 11.3 Å². The van der Waals surface area contributed by atoms with Gasteiger partial charge in [-0.1, -0.05) is 0 Å². The van der Waals surface area contributed by atoms with Crippen molar-refractivity contribution in [2.24, 2.45) is 7.05 Å². The number of thiophene rings is 1. The summed E-state index contributed by atoms with van der Waals surface area (Å²) in [6.07, 6.45) is 1.62. The molecule has 3 aromatic rings. The summed E-state index contributed by atoms with van der Waals surface area (Å²) in [5.41, 5.74) is 1.77. The fourth-order valence-electron chi connectivity index (χ4n) is 1.93. The first kappa shape index (κ1) is 12.7. The lowest BCUT2D eigenvalue weighted by Crippen LogP contribution is -2.13. The smallest absolute Gasteiger partial charge is 0.266 e. The van der Waals surface area contributed by atoms with Crippen LogP contribution in [0.4, 0.5) is 5.82 Å². The number of nitrogens with one attached hydrogen (secondary N) is 1. The number of aromatic nitrogens is 2. The highest BCUT2D eigenvalue weighted by Crippen LogP contribution is 2.26. The second-order valence-electron chi connectivity index (χ2n) is 4.43. The molecule has 5 nitrogen and oxygen atoms in total. The molecule has 0 unspecified atom stereocenters. The van der Waals surface area contributed by atoms with Crippen LogP contribution in [0, 0.1) is 6.92 Å². The molecule has 0 atom stereocenters. The van der Waals surface area contributed by atoms with Crippen molar-refractivity contribution < 1.29 is 9.21 Å². The molecule has 1 amide bonds. The fraction of sp³-hybridized carbons (Fsp3) is 0.143. The number of carbonyl (C=O) groups excluding carboxylic acids is 1. The number of furan rings is 1. The van der Waals surface area contributed by atoms with Crippen molar-refractivity contribution in [3.05, 3.63) is 46.5 Å². The number of carbonyl (C=O) groups is 1. The van der Waals surface area contributed by atoms with Gasteiger partial charge in [0, 0.05) is 24.1 Å². The van der Waals surface area contributed by atoms with Crippen molar-refractivity contribution in [3.8, 4) is 11.3 Å². The molecule has 0 aliphatic rings. The summed E-state index contributed by atoms with van der Waals surface area (Å²) in [5, 5.41) is 8.95. The zero-order valence-electron chi connectivity index (χ0n) is 11.1. The quantitative estimate of drug-likeness (QED) is 0.804. The van der Waals surface area contributed by atoms with E-state index in [1.807, 2.05) is 36.6 Å². The molecule has 0 spiro atoms. The average Bonchev–Trinajstić information content (AvgIpc) is 3.11. The summed E-state index contributed by atoms with van der Waals surface area (Å²) < 4.78 is 6.96. The number of anilines is 1. The Bertz CT molecular complexity index is 740. The molecule has 1 N–H and O–H groups in total. The van der Waals surface area contributed by atoms with Crippen LogP contribution in [0.1, 0.15) is 15.4 Å². The molecule has 0 saturated carbocycles. The van der Waals surface area contributed by atoms with Gasteiger partial charge in [0.2, 0.25) is 0 Å². The van der Waals surface area contributed by atoms with E-state index < -0.39 is 0 Å². The monoisotopic (exact) mass is 287 g/mol. The number of amides is 1. The van der Waals surface area contributed by atoms with Gasteiger partial charge in [-0.3, -0.25) is 9.48 Å². The van der Waals surface area contributed by atoms with Crippen LogP contribution >= 0.6 is 11.3 Å². The zero-order valence-corrected chi connectivity index (χ0v) is 11.9. The summed E-state index contributed by atoms with van der Waals surface area (Å²) in [4.78, 5) is 12.8. The van der Waals surface area contributed by atoms with Crippen LogP contribution in [-0.4, -0.2) is 15.7 Å². The van der Waals surface area contributed by atoms with Crippen molar-refractivity contribution in [1.82, 2.24) is 9.78 Å². The van der Waals surface area contributed by atoms with Gasteiger partial charge in [0.15, 0.2) is 0 Å². The number of nitrogens with zero attached hydrogens (tertiary/aromatic N) is 2. The summed E-state index contributed by atoms with van der Waals surface area (Å²) >= 11 is 1.39. The van der Waals surface area contributed by atoms with Crippen molar-refractivity contribution >= 4 is 23.1 Å². The van der Waals surface area contributed by atoms with Crippen molar-refractivity contribution in [2.45, 2.75) is 6.92 Å². The first-order valence-corrected chi connectivity index (χ1v) is 6.96. The van der Waals surface area contributed by atoms with E-state index >= 15 is 0 Å². The number of hydrogen-bond donors (Lipinski definition) is 1. The molecule has 0 radical (unpaired) electrons. The van der Waals surface area contributed by atoms with E-state index in [0.29, 0.717) is 10.7 Å². The average molecular weight is 287 g/mol. The molecular formula is C14H13N3O2S. The third-order valence-corrected chi connectivity index (χ3v) is 3.80. The highest BCUT2D eigenvalue weighted by Gasteiger charge is 2.13. The lowest BCUT2D eigenvalue weighted by molar-refractivity contribution is 0.102. The Labute approximate surface area is 119 Å². The van der Waals surface area contributed by atoms with Crippen molar-refractivity contribution in [3.63, 3.8) is 0 Å². The summed E-state index contributed by atoms with van der Waals surface area (Å²) in [6.45, 7) is 1.88. The minimum absolute atomic E-state index is 0.143. The van der Waals surface area contributed by atoms with Crippen LogP contribution in [-0.2, 0) is 7.05 Å². The molecule has 0 fully saturated rings. The van der Waals surface area contributed by atoms with Crippen LogP contribution < -0.4 is 5.32 Å². The van der Waals surface area contributed by atoms with Crippen LogP contribution in [0.3, 0.4) is 0 Å². The van der Waals surface area contributed by atoms with E-state index in [1.165, 1.54) is 11.3 Å². The number of hydrogen-bond acceptors (Lipinski definition) is 4. The predicted octanol–water partition coefficient (Wildman–Crippen LogP) is 3.30. The van der Waals surface area contributed by atoms with E-state index in [-0.39, 0.29) is 5.91 Å². The highest BCUT2D eigenvalue weighted by molar-refractivity contribution is 7.12. The van der Waals surface area contributed by atoms with Gasteiger partial charge in [-0.25, -0.2) is 0 Å². The zero-order chi connectivity index (χ0) is 14.1. The molecule has 20 heavy (non-hydrogen) atoms. The molecule has 3 rings (SSSR count). The maximum Gasteiger partial charge on any atom is 0.266 e. The summed E-state index contributed by atoms with van der Waals surface area (Å²) in [5.74, 6) is 1.30. The number of aryl methyl sites for hydroxylation is 2. The largest absolute Gasteiger partial charge is 0.464 e. The Morgan fingerprint density at radius 3 is 2.95 bits per heavy atom. The molecular weight excluding hydrogens is 274 g/mol. The molecule has 0 bridgehead atoms. The maximum atomic E-state index is 12.2. The van der Waals surface area contributed by atoms with Crippen LogP contribution in [0.15, 0.2) is 40.3 Å². The van der Waals surface area contributed by atoms with Gasteiger partial charge in [-0.05, 0) is 25.1 Å². The van der Waals surface area contributed by atoms with Crippen LogP contribution in [0.25, 0.3) is 11.3 Å². The molecule has 3 aromatic heterocycles. The van der Waals surface area contributed by atoms with Gasteiger partial charge in [0.1, 0.15) is 11.6 Å². The van der Waals surface area contributed by atoms with Crippen molar-refractivity contribution in [1.29, 1.82) is 0 Å². The molecule has 102 valence electrons. The molecule has 6 heteroatoms. The van der Waals surface area contributed by atoms with Gasteiger partial charge in [0.05, 0.1) is 16.8 Å². The molecule has 0 aromatic carbocycles. The maximum absolute atomic E-state index is 12.2. The normalized spacial score (nSPS) is 10.7.